The Morgan fingerprint density at radius 3 is 2.47 bits per heavy atom. The summed E-state index contributed by atoms with van der Waals surface area (Å²) in [5, 5.41) is 3.92. The fraction of sp³-hybridized carbons (Fsp3) is 0.333. The molecule has 0 bridgehead atoms. The predicted molar refractivity (Wildman–Crippen MR) is 58.6 cm³/mol. The SMILES string of the molecule is Cc1cc(-c2ccc(C(C)C)cn2)no1. The molecule has 0 atom stereocenters. The van der Waals surface area contributed by atoms with E-state index in [0.29, 0.717) is 5.92 Å². The number of aromatic nitrogens is 2. The van der Waals surface area contributed by atoms with Crippen LogP contribution in [0.15, 0.2) is 28.9 Å². The van der Waals surface area contributed by atoms with Gasteiger partial charge in [-0.1, -0.05) is 25.1 Å². The van der Waals surface area contributed by atoms with Crippen LogP contribution >= 0.6 is 0 Å². The summed E-state index contributed by atoms with van der Waals surface area (Å²) < 4.78 is 5.01. The van der Waals surface area contributed by atoms with Crippen molar-refractivity contribution in [3.63, 3.8) is 0 Å². The molecule has 0 aliphatic heterocycles. The average molecular weight is 202 g/mol. The van der Waals surface area contributed by atoms with Gasteiger partial charge in [0, 0.05) is 12.3 Å². The summed E-state index contributed by atoms with van der Waals surface area (Å²) in [6.45, 7) is 6.17. The molecule has 0 spiro atoms. The summed E-state index contributed by atoms with van der Waals surface area (Å²) in [5.74, 6) is 1.31. The third-order valence-electron chi connectivity index (χ3n) is 2.34. The van der Waals surface area contributed by atoms with Crippen LogP contribution in [0, 0.1) is 6.92 Å². The summed E-state index contributed by atoms with van der Waals surface area (Å²) in [5.41, 5.74) is 2.89. The van der Waals surface area contributed by atoms with E-state index in [9.17, 15) is 0 Å². The molecule has 78 valence electrons. The van der Waals surface area contributed by atoms with Crippen molar-refractivity contribution in [1.29, 1.82) is 0 Å². The van der Waals surface area contributed by atoms with E-state index in [0.717, 1.165) is 17.1 Å². The fourth-order valence-corrected chi connectivity index (χ4v) is 1.39. The van der Waals surface area contributed by atoms with Gasteiger partial charge in [0.05, 0.1) is 5.69 Å². The maximum Gasteiger partial charge on any atom is 0.134 e. The van der Waals surface area contributed by atoms with Crippen molar-refractivity contribution >= 4 is 0 Å². The lowest BCUT2D eigenvalue weighted by atomic mass is 10.1. The topological polar surface area (TPSA) is 38.9 Å². The van der Waals surface area contributed by atoms with Crippen LogP contribution in [0.1, 0.15) is 31.1 Å². The van der Waals surface area contributed by atoms with Crippen molar-refractivity contribution < 1.29 is 4.52 Å². The van der Waals surface area contributed by atoms with Gasteiger partial charge in [0.2, 0.25) is 0 Å². The van der Waals surface area contributed by atoms with E-state index < -0.39 is 0 Å². The van der Waals surface area contributed by atoms with Crippen molar-refractivity contribution in [3.8, 4) is 11.4 Å². The molecule has 0 fully saturated rings. The average Bonchev–Trinajstić information content (AvgIpc) is 2.65. The van der Waals surface area contributed by atoms with Gasteiger partial charge in [-0.05, 0) is 24.5 Å². The number of pyridine rings is 1. The second kappa shape index (κ2) is 3.85. The highest BCUT2D eigenvalue weighted by molar-refractivity contribution is 5.53. The molecule has 0 aliphatic carbocycles. The van der Waals surface area contributed by atoms with Crippen molar-refractivity contribution in [2.75, 3.05) is 0 Å². The summed E-state index contributed by atoms with van der Waals surface area (Å²) in [4.78, 5) is 4.36. The highest BCUT2D eigenvalue weighted by atomic mass is 16.5. The first-order chi connectivity index (χ1) is 7.16. The molecule has 0 radical (unpaired) electrons. The van der Waals surface area contributed by atoms with Gasteiger partial charge in [0.1, 0.15) is 11.5 Å². The van der Waals surface area contributed by atoms with E-state index >= 15 is 0 Å². The molecule has 15 heavy (non-hydrogen) atoms. The van der Waals surface area contributed by atoms with Gasteiger partial charge < -0.3 is 4.52 Å². The summed E-state index contributed by atoms with van der Waals surface area (Å²) in [6, 6.07) is 5.95. The Morgan fingerprint density at radius 1 is 1.20 bits per heavy atom. The minimum Gasteiger partial charge on any atom is -0.361 e. The monoisotopic (exact) mass is 202 g/mol. The van der Waals surface area contributed by atoms with Crippen LogP contribution in [-0.4, -0.2) is 10.1 Å². The highest BCUT2D eigenvalue weighted by Gasteiger charge is 2.05. The van der Waals surface area contributed by atoms with Crippen LogP contribution in [0.4, 0.5) is 0 Å². The number of hydrogen-bond donors (Lipinski definition) is 0. The predicted octanol–water partition coefficient (Wildman–Crippen LogP) is 3.17. The van der Waals surface area contributed by atoms with E-state index in [4.69, 9.17) is 4.52 Å². The Kier molecular flexibility index (Phi) is 2.54. The third kappa shape index (κ3) is 2.06. The molecule has 3 nitrogen and oxygen atoms in total. The Hall–Kier alpha value is -1.64. The minimum atomic E-state index is 0.505. The summed E-state index contributed by atoms with van der Waals surface area (Å²) >= 11 is 0. The van der Waals surface area contributed by atoms with E-state index in [1.807, 2.05) is 25.3 Å². The first-order valence-electron chi connectivity index (χ1n) is 5.06. The molecule has 0 aliphatic rings. The van der Waals surface area contributed by atoms with Crippen LogP contribution in [0.3, 0.4) is 0 Å². The highest BCUT2D eigenvalue weighted by Crippen LogP contribution is 2.19. The fourth-order valence-electron chi connectivity index (χ4n) is 1.39. The van der Waals surface area contributed by atoms with E-state index in [1.54, 1.807) is 0 Å². The smallest absolute Gasteiger partial charge is 0.134 e. The maximum atomic E-state index is 5.01. The van der Waals surface area contributed by atoms with E-state index in [1.165, 1.54) is 5.56 Å². The molecule has 0 saturated carbocycles. The van der Waals surface area contributed by atoms with Gasteiger partial charge in [0.25, 0.3) is 0 Å². The third-order valence-corrected chi connectivity index (χ3v) is 2.34. The second-order valence-electron chi connectivity index (χ2n) is 3.95. The zero-order valence-electron chi connectivity index (χ0n) is 9.19. The second-order valence-corrected chi connectivity index (χ2v) is 3.95. The molecule has 2 aromatic heterocycles. The van der Waals surface area contributed by atoms with Gasteiger partial charge in [-0.15, -0.1) is 0 Å². The Labute approximate surface area is 89.1 Å². The molecule has 0 N–H and O–H groups in total. The summed E-state index contributed by atoms with van der Waals surface area (Å²) in [6.07, 6.45) is 1.89. The molecule has 0 aromatic carbocycles. The van der Waals surface area contributed by atoms with Gasteiger partial charge in [-0.2, -0.15) is 0 Å². The van der Waals surface area contributed by atoms with Crippen LogP contribution in [0.25, 0.3) is 11.4 Å². The standard InChI is InChI=1S/C12H14N2O/c1-8(2)10-4-5-11(13-7-10)12-6-9(3)15-14-12/h4-8H,1-3H3. The molecule has 2 aromatic rings. The molecule has 2 rings (SSSR count). The Balaban J connectivity index is 2.31. The first kappa shape index (κ1) is 9.90. The van der Waals surface area contributed by atoms with Gasteiger partial charge in [-0.3, -0.25) is 4.98 Å². The Bertz CT molecular complexity index is 443. The largest absolute Gasteiger partial charge is 0.361 e. The zero-order valence-corrected chi connectivity index (χ0v) is 9.19. The maximum absolute atomic E-state index is 5.01. The molecule has 0 saturated heterocycles. The number of rotatable bonds is 2. The van der Waals surface area contributed by atoms with Crippen molar-refractivity contribution in [1.82, 2.24) is 10.1 Å². The van der Waals surface area contributed by atoms with Gasteiger partial charge in [0.15, 0.2) is 0 Å². The van der Waals surface area contributed by atoms with Crippen molar-refractivity contribution in [2.45, 2.75) is 26.7 Å². The van der Waals surface area contributed by atoms with Crippen LogP contribution in [0.2, 0.25) is 0 Å². The van der Waals surface area contributed by atoms with E-state index in [2.05, 4.69) is 30.1 Å². The molecule has 2 heterocycles. The normalized spacial score (nSPS) is 10.9. The first-order valence-corrected chi connectivity index (χ1v) is 5.06. The van der Waals surface area contributed by atoms with Gasteiger partial charge >= 0.3 is 0 Å². The summed E-state index contributed by atoms with van der Waals surface area (Å²) in [7, 11) is 0. The number of nitrogens with zero attached hydrogens (tertiary/aromatic N) is 2. The lowest BCUT2D eigenvalue weighted by Gasteiger charge is -2.03. The van der Waals surface area contributed by atoms with Gasteiger partial charge in [-0.25, -0.2) is 0 Å². The lowest BCUT2D eigenvalue weighted by Crippen LogP contribution is -1.90. The van der Waals surface area contributed by atoms with Crippen LogP contribution < -0.4 is 0 Å². The van der Waals surface area contributed by atoms with Crippen molar-refractivity contribution in [3.05, 3.63) is 35.7 Å². The van der Waals surface area contributed by atoms with Crippen LogP contribution in [0.5, 0.6) is 0 Å². The van der Waals surface area contributed by atoms with Crippen LogP contribution in [-0.2, 0) is 0 Å². The number of hydrogen-bond acceptors (Lipinski definition) is 3. The zero-order chi connectivity index (χ0) is 10.8. The molecular weight excluding hydrogens is 188 g/mol. The lowest BCUT2D eigenvalue weighted by molar-refractivity contribution is 0.399. The molecule has 3 heteroatoms. The number of aryl methyl sites for hydroxylation is 1. The molecular formula is C12H14N2O. The van der Waals surface area contributed by atoms with Crippen molar-refractivity contribution in [2.24, 2.45) is 0 Å². The quantitative estimate of drug-likeness (QED) is 0.750. The Morgan fingerprint density at radius 2 is 2.00 bits per heavy atom. The molecule has 0 amide bonds. The molecule has 0 unspecified atom stereocenters. The minimum absolute atomic E-state index is 0.505. The van der Waals surface area contributed by atoms with E-state index in [-0.39, 0.29) is 0 Å².